The molecule has 1 N–H and O–H groups in total. The number of carbonyl (C=O) groups is 1. The maximum absolute atomic E-state index is 12.4. The zero-order valence-electron chi connectivity index (χ0n) is 13.6. The van der Waals surface area contributed by atoms with Gasteiger partial charge in [0.1, 0.15) is 5.69 Å². The number of piperazine rings is 1. The number of rotatable bonds is 3. The number of nitrogens with zero attached hydrogens (tertiary/aromatic N) is 4. The fraction of sp³-hybridized carbons (Fsp3) is 0.278. The summed E-state index contributed by atoms with van der Waals surface area (Å²) in [6.45, 7) is 3.26. The number of benzene rings is 1. The van der Waals surface area contributed by atoms with E-state index in [9.17, 15) is 4.79 Å². The number of carbonyl (C=O) groups excluding carboxylic acids is 1. The molecule has 122 valence electrons. The SMILES string of the molecule is CN1CCN(C(=O)c2ccc(Nc3ccc(C#N)cc3)cn2)CC1. The van der Waals surface area contributed by atoms with Crippen LogP contribution in [0.1, 0.15) is 16.1 Å². The second kappa shape index (κ2) is 7.11. The van der Waals surface area contributed by atoms with Crippen LogP contribution >= 0.6 is 0 Å². The quantitative estimate of drug-likeness (QED) is 0.937. The number of anilines is 2. The number of hydrogen-bond donors (Lipinski definition) is 1. The molecule has 1 amide bonds. The van der Waals surface area contributed by atoms with Gasteiger partial charge in [0.15, 0.2) is 0 Å². The summed E-state index contributed by atoms with van der Waals surface area (Å²) in [6.07, 6.45) is 1.65. The third-order valence-electron chi connectivity index (χ3n) is 4.08. The standard InChI is InChI=1S/C18H19N5O/c1-22-8-10-23(11-9-22)18(24)17-7-6-16(13-20-17)21-15-4-2-14(12-19)3-5-15/h2-7,13,21H,8-11H2,1H3. The molecule has 0 saturated carbocycles. The van der Waals surface area contributed by atoms with Gasteiger partial charge in [-0.2, -0.15) is 5.26 Å². The fourth-order valence-corrected chi connectivity index (χ4v) is 2.56. The average molecular weight is 321 g/mol. The van der Waals surface area contributed by atoms with Crippen LogP contribution in [0.3, 0.4) is 0 Å². The Kier molecular flexibility index (Phi) is 4.73. The van der Waals surface area contributed by atoms with Crippen LogP contribution in [-0.4, -0.2) is 53.9 Å². The monoisotopic (exact) mass is 321 g/mol. The molecule has 0 bridgehead atoms. The topological polar surface area (TPSA) is 72.3 Å². The van der Waals surface area contributed by atoms with Crippen LogP contribution in [-0.2, 0) is 0 Å². The molecule has 1 saturated heterocycles. The molecular weight excluding hydrogens is 302 g/mol. The van der Waals surface area contributed by atoms with Crippen molar-refractivity contribution < 1.29 is 4.79 Å². The van der Waals surface area contributed by atoms with Crippen molar-refractivity contribution in [3.05, 3.63) is 53.9 Å². The van der Waals surface area contributed by atoms with Crippen LogP contribution in [0.25, 0.3) is 0 Å². The first-order valence-electron chi connectivity index (χ1n) is 7.87. The van der Waals surface area contributed by atoms with Crippen molar-refractivity contribution >= 4 is 17.3 Å². The van der Waals surface area contributed by atoms with E-state index in [-0.39, 0.29) is 5.91 Å². The Morgan fingerprint density at radius 1 is 1.08 bits per heavy atom. The van der Waals surface area contributed by atoms with Crippen molar-refractivity contribution in [3.63, 3.8) is 0 Å². The first kappa shape index (κ1) is 16.0. The summed E-state index contributed by atoms with van der Waals surface area (Å²) in [7, 11) is 2.06. The second-order valence-electron chi connectivity index (χ2n) is 5.84. The molecule has 1 aliphatic rings. The number of aromatic nitrogens is 1. The number of nitriles is 1. The Hall–Kier alpha value is -2.91. The van der Waals surface area contributed by atoms with Crippen LogP contribution in [0.5, 0.6) is 0 Å². The Balaban J connectivity index is 1.64. The zero-order valence-corrected chi connectivity index (χ0v) is 13.6. The molecule has 0 atom stereocenters. The highest BCUT2D eigenvalue weighted by Crippen LogP contribution is 2.17. The molecule has 3 rings (SSSR count). The molecule has 0 spiro atoms. The Morgan fingerprint density at radius 3 is 2.33 bits per heavy atom. The van der Waals surface area contributed by atoms with E-state index in [0.717, 1.165) is 37.6 Å². The molecule has 1 fully saturated rings. The number of nitrogens with one attached hydrogen (secondary N) is 1. The highest BCUT2D eigenvalue weighted by atomic mass is 16.2. The van der Waals surface area contributed by atoms with E-state index in [1.165, 1.54) is 0 Å². The molecule has 6 heteroatoms. The van der Waals surface area contributed by atoms with Crippen LogP contribution in [0.2, 0.25) is 0 Å². The number of pyridine rings is 1. The highest BCUT2D eigenvalue weighted by Gasteiger charge is 2.21. The van der Waals surface area contributed by atoms with Crippen molar-refractivity contribution in [3.8, 4) is 6.07 Å². The minimum atomic E-state index is -0.0203. The lowest BCUT2D eigenvalue weighted by Gasteiger charge is -2.32. The van der Waals surface area contributed by atoms with Gasteiger partial charge < -0.3 is 15.1 Å². The van der Waals surface area contributed by atoms with Gasteiger partial charge in [0.05, 0.1) is 23.5 Å². The van der Waals surface area contributed by atoms with Gasteiger partial charge in [0.25, 0.3) is 5.91 Å². The first-order chi connectivity index (χ1) is 11.7. The van der Waals surface area contributed by atoms with Crippen LogP contribution in [0, 0.1) is 11.3 Å². The van der Waals surface area contributed by atoms with Gasteiger partial charge >= 0.3 is 0 Å². The maximum atomic E-state index is 12.4. The number of likely N-dealkylation sites (N-methyl/N-ethyl adjacent to an activating group) is 1. The van der Waals surface area contributed by atoms with Gasteiger partial charge in [-0.1, -0.05) is 0 Å². The summed E-state index contributed by atoms with van der Waals surface area (Å²) < 4.78 is 0. The van der Waals surface area contributed by atoms with E-state index in [2.05, 4.69) is 28.3 Å². The largest absolute Gasteiger partial charge is 0.354 e. The minimum absolute atomic E-state index is 0.0203. The third-order valence-corrected chi connectivity index (χ3v) is 4.08. The minimum Gasteiger partial charge on any atom is -0.354 e. The summed E-state index contributed by atoms with van der Waals surface area (Å²) >= 11 is 0. The van der Waals surface area contributed by atoms with Gasteiger partial charge in [0, 0.05) is 31.9 Å². The molecule has 1 aromatic heterocycles. The van der Waals surface area contributed by atoms with Crippen LogP contribution < -0.4 is 5.32 Å². The molecule has 2 aromatic rings. The zero-order chi connectivity index (χ0) is 16.9. The molecule has 1 aromatic carbocycles. The molecule has 2 heterocycles. The van der Waals surface area contributed by atoms with Gasteiger partial charge in [-0.3, -0.25) is 4.79 Å². The first-order valence-corrected chi connectivity index (χ1v) is 7.87. The van der Waals surface area contributed by atoms with E-state index < -0.39 is 0 Å². The lowest BCUT2D eigenvalue weighted by molar-refractivity contribution is 0.0658. The molecule has 1 aliphatic heterocycles. The van der Waals surface area contributed by atoms with Gasteiger partial charge in [-0.05, 0) is 43.4 Å². The average Bonchev–Trinajstić information content (AvgIpc) is 2.63. The summed E-state index contributed by atoms with van der Waals surface area (Å²) in [5.41, 5.74) is 2.75. The molecule has 0 aliphatic carbocycles. The van der Waals surface area contributed by atoms with Crippen LogP contribution in [0.4, 0.5) is 11.4 Å². The Labute approximate surface area is 141 Å². The molecule has 6 nitrogen and oxygen atoms in total. The van der Waals surface area contributed by atoms with Crippen molar-refractivity contribution in [2.45, 2.75) is 0 Å². The van der Waals surface area contributed by atoms with Gasteiger partial charge in [0.2, 0.25) is 0 Å². The van der Waals surface area contributed by atoms with E-state index >= 15 is 0 Å². The fourth-order valence-electron chi connectivity index (χ4n) is 2.56. The third kappa shape index (κ3) is 3.70. The molecule has 0 unspecified atom stereocenters. The Bertz CT molecular complexity index is 740. The van der Waals surface area contributed by atoms with E-state index in [4.69, 9.17) is 5.26 Å². The number of amides is 1. The lowest BCUT2D eigenvalue weighted by Crippen LogP contribution is -2.47. The second-order valence-corrected chi connectivity index (χ2v) is 5.84. The van der Waals surface area contributed by atoms with Crippen molar-refractivity contribution in [1.29, 1.82) is 5.26 Å². The predicted molar refractivity (Wildman–Crippen MR) is 92.1 cm³/mol. The molecule has 0 radical (unpaired) electrons. The predicted octanol–water partition coefficient (Wildman–Crippen LogP) is 2.08. The Morgan fingerprint density at radius 2 is 1.75 bits per heavy atom. The lowest BCUT2D eigenvalue weighted by atomic mass is 10.2. The van der Waals surface area contributed by atoms with Gasteiger partial charge in [-0.15, -0.1) is 0 Å². The van der Waals surface area contributed by atoms with Crippen molar-refractivity contribution in [2.75, 3.05) is 38.5 Å². The van der Waals surface area contributed by atoms with Crippen LogP contribution in [0.15, 0.2) is 42.6 Å². The summed E-state index contributed by atoms with van der Waals surface area (Å²) in [5, 5.41) is 12.0. The van der Waals surface area contributed by atoms with Crippen molar-refractivity contribution in [2.24, 2.45) is 0 Å². The summed E-state index contributed by atoms with van der Waals surface area (Å²) in [6, 6.07) is 12.8. The van der Waals surface area contributed by atoms with Gasteiger partial charge in [-0.25, -0.2) is 4.98 Å². The van der Waals surface area contributed by atoms with Crippen molar-refractivity contribution in [1.82, 2.24) is 14.8 Å². The normalized spacial score (nSPS) is 14.9. The number of hydrogen-bond acceptors (Lipinski definition) is 5. The van der Waals surface area contributed by atoms with E-state index in [1.807, 2.05) is 23.1 Å². The van der Waals surface area contributed by atoms with E-state index in [0.29, 0.717) is 11.3 Å². The molecular formula is C18H19N5O. The summed E-state index contributed by atoms with van der Waals surface area (Å²) in [5.74, 6) is -0.0203. The summed E-state index contributed by atoms with van der Waals surface area (Å²) in [4.78, 5) is 20.8. The van der Waals surface area contributed by atoms with E-state index in [1.54, 1.807) is 24.4 Å². The molecule has 24 heavy (non-hydrogen) atoms. The smallest absolute Gasteiger partial charge is 0.272 e. The maximum Gasteiger partial charge on any atom is 0.272 e. The highest BCUT2D eigenvalue weighted by molar-refractivity contribution is 5.92.